The summed E-state index contributed by atoms with van der Waals surface area (Å²) in [6.07, 6.45) is 12.2. The van der Waals surface area contributed by atoms with Crippen molar-refractivity contribution in [2.24, 2.45) is 7.05 Å². The van der Waals surface area contributed by atoms with Crippen LogP contribution in [0.3, 0.4) is 0 Å². The second kappa shape index (κ2) is 15.7. The van der Waals surface area contributed by atoms with Crippen molar-refractivity contribution in [1.82, 2.24) is 0 Å². The Morgan fingerprint density at radius 1 is 0.871 bits per heavy atom. The number of unbranched alkanes of at least 4 members (excludes halogenated alkanes) is 8. The SMILES string of the molecule is CCCCCCC#Cc1cccc(C#CCCCCCC)[n+]1C.O=S(=O)([O-])C(F)(F)F. The Balaban J connectivity index is 0.000000954. The quantitative estimate of drug-likeness (QED) is 0.176. The summed E-state index contributed by atoms with van der Waals surface area (Å²) < 4.78 is 61.0. The Morgan fingerprint density at radius 2 is 1.26 bits per heavy atom. The fourth-order valence-corrected chi connectivity index (χ4v) is 2.42. The third-order valence-corrected chi connectivity index (χ3v) is 4.82. The normalized spacial score (nSPS) is 10.8. The molecule has 1 aromatic heterocycles. The number of nitrogens with zero attached hydrogens (tertiary/aromatic N) is 1. The lowest BCUT2D eigenvalue weighted by Gasteiger charge is -2.08. The van der Waals surface area contributed by atoms with Crippen LogP contribution >= 0.6 is 0 Å². The standard InChI is InChI=1S/C22H32N.CHF3O3S/c1-4-6-8-10-12-14-17-21-19-16-20-22(23(21)3)18-15-13-11-9-7-5-2;2-1(3,4)8(5,6)7/h16,19-20H,4-13H2,1-3H3;(H,5,6,7)/q+1;/p-1. The van der Waals surface area contributed by atoms with Crippen LogP contribution in [0.1, 0.15) is 89.4 Å². The summed E-state index contributed by atoms with van der Waals surface area (Å²) in [7, 11) is -4.03. The number of alkyl halides is 3. The summed E-state index contributed by atoms with van der Waals surface area (Å²) in [6.45, 7) is 4.48. The maximum atomic E-state index is 10.7. The second-order valence-electron chi connectivity index (χ2n) is 6.98. The van der Waals surface area contributed by atoms with Crippen LogP contribution in [0.2, 0.25) is 0 Å². The van der Waals surface area contributed by atoms with Crippen molar-refractivity contribution in [2.75, 3.05) is 0 Å². The smallest absolute Gasteiger partial charge is 0.485 e. The van der Waals surface area contributed by atoms with E-state index in [0.29, 0.717) is 0 Å². The molecule has 0 saturated carbocycles. The summed E-state index contributed by atoms with van der Waals surface area (Å²) >= 11 is 0. The summed E-state index contributed by atoms with van der Waals surface area (Å²) in [5.74, 6) is 13.2. The van der Waals surface area contributed by atoms with Crippen molar-refractivity contribution in [3.63, 3.8) is 0 Å². The van der Waals surface area contributed by atoms with Crippen LogP contribution in [0.4, 0.5) is 13.2 Å². The molecule has 0 aromatic carbocycles. The summed E-state index contributed by atoms with van der Waals surface area (Å²) in [6, 6.07) is 6.21. The molecule has 174 valence electrons. The zero-order valence-electron chi connectivity index (χ0n) is 18.5. The van der Waals surface area contributed by atoms with Crippen LogP contribution in [0.15, 0.2) is 18.2 Å². The Kier molecular flexibility index (Phi) is 14.7. The van der Waals surface area contributed by atoms with Crippen molar-refractivity contribution in [2.45, 2.75) is 83.6 Å². The molecule has 0 radical (unpaired) electrons. The molecule has 8 heteroatoms. The molecule has 0 aliphatic heterocycles. The summed E-state index contributed by atoms with van der Waals surface area (Å²) in [5.41, 5.74) is -3.54. The minimum absolute atomic E-state index is 0.993. The van der Waals surface area contributed by atoms with Gasteiger partial charge in [-0.2, -0.15) is 17.7 Å². The first-order valence-electron chi connectivity index (χ1n) is 10.5. The highest BCUT2D eigenvalue weighted by atomic mass is 32.2. The molecule has 1 aromatic rings. The molecule has 0 spiro atoms. The number of rotatable bonds is 8. The number of halogens is 3. The predicted octanol–water partition coefficient (Wildman–Crippen LogP) is 5.21. The molecular formula is C23H32F3NO3S. The lowest BCUT2D eigenvalue weighted by molar-refractivity contribution is -0.676. The zero-order valence-corrected chi connectivity index (χ0v) is 19.3. The number of hydrogen-bond donors (Lipinski definition) is 0. The van der Waals surface area contributed by atoms with Gasteiger partial charge in [0, 0.05) is 36.8 Å². The van der Waals surface area contributed by atoms with E-state index in [1.807, 2.05) is 0 Å². The van der Waals surface area contributed by atoms with Gasteiger partial charge in [-0.05, 0) is 18.9 Å². The molecule has 0 unspecified atom stereocenters. The van der Waals surface area contributed by atoms with Gasteiger partial charge in [-0.15, -0.1) is 0 Å². The van der Waals surface area contributed by atoms with E-state index in [1.54, 1.807) is 0 Å². The Labute approximate surface area is 185 Å². The number of hydrogen-bond acceptors (Lipinski definition) is 3. The van der Waals surface area contributed by atoms with E-state index in [0.717, 1.165) is 24.2 Å². The van der Waals surface area contributed by atoms with Crippen LogP contribution < -0.4 is 4.57 Å². The average molecular weight is 460 g/mol. The Morgan fingerprint density at radius 3 is 1.58 bits per heavy atom. The average Bonchev–Trinajstić information content (AvgIpc) is 2.68. The van der Waals surface area contributed by atoms with E-state index >= 15 is 0 Å². The van der Waals surface area contributed by atoms with Gasteiger partial charge in [0.1, 0.15) is 7.05 Å². The summed E-state index contributed by atoms with van der Waals surface area (Å²) in [5, 5.41) is 0. The number of pyridine rings is 1. The molecule has 0 N–H and O–H groups in total. The van der Waals surface area contributed by atoms with Gasteiger partial charge < -0.3 is 4.55 Å². The van der Waals surface area contributed by atoms with Crippen LogP contribution in [-0.2, 0) is 17.2 Å². The minimum atomic E-state index is -6.09. The predicted molar refractivity (Wildman–Crippen MR) is 115 cm³/mol. The van der Waals surface area contributed by atoms with Crippen LogP contribution in [-0.4, -0.2) is 18.5 Å². The molecule has 1 heterocycles. The fraction of sp³-hybridized carbons (Fsp3) is 0.609. The minimum Gasteiger partial charge on any atom is -0.741 e. The van der Waals surface area contributed by atoms with Crippen molar-refractivity contribution < 1.29 is 30.7 Å². The third kappa shape index (κ3) is 13.8. The largest absolute Gasteiger partial charge is 0.741 e. The molecule has 0 aliphatic carbocycles. The highest BCUT2D eigenvalue weighted by molar-refractivity contribution is 7.86. The Bertz CT molecular complexity index is 825. The summed E-state index contributed by atoms with van der Waals surface area (Å²) in [4.78, 5) is 0. The van der Waals surface area contributed by atoms with E-state index in [2.05, 4.69) is 67.3 Å². The first-order chi connectivity index (χ1) is 14.5. The van der Waals surface area contributed by atoms with E-state index in [9.17, 15) is 13.2 Å². The van der Waals surface area contributed by atoms with E-state index < -0.39 is 15.6 Å². The Hall–Kier alpha value is -2.03. The monoisotopic (exact) mass is 459 g/mol. The fourth-order valence-electron chi connectivity index (χ4n) is 2.42. The van der Waals surface area contributed by atoms with Crippen LogP contribution in [0.5, 0.6) is 0 Å². The molecule has 0 aliphatic rings. The highest BCUT2D eigenvalue weighted by Gasteiger charge is 2.36. The maximum absolute atomic E-state index is 10.7. The highest BCUT2D eigenvalue weighted by Crippen LogP contribution is 2.20. The molecular weight excluding hydrogens is 427 g/mol. The van der Waals surface area contributed by atoms with E-state index in [4.69, 9.17) is 13.0 Å². The van der Waals surface area contributed by atoms with Gasteiger partial charge in [0.15, 0.2) is 10.1 Å². The van der Waals surface area contributed by atoms with Crippen molar-refractivity contribution in [1.29, 1.82) is 0 Å². The first-order valence-corrected chi connectivity index (χ1v) is 11.9. The molecule has 1 rings (SSSR count). The molecule has 0 saturated heterocycles. The molecule has 0 fully saturated rings. The van der Waals surface area contributed by atoms with Crippen LogP contribution in [0, 0.1) is 23.7 Å². The van der Waals surface area contributed by atoms with Gasteiger partial charge in [0.2, 0.25) is 0 Å². The first kappa shape index (κ1) is 29.0. The van der Waals surface area contributed by atoms with Gasteiger partial charge in [0.05, 0.1) is 0 Å². The van der Waals surface area contributed by atoms with Crippen molar-refractivity contribution >= 4 is 10.1 Å². The van der Waals surface area contributed by atoms with Gasteiger partial charge in [-0.25, -0.2) is 8.42 Å². The lowest BCUT2D eigenvalue weighted by Crippen LogP contribution is -2.36. The van der Waals surface area contributed by atoms with Gasteiger partial charge in [-0.3, -0.25) is 0 Å². The molecule has 0 amide bonds. The van der Waals surface area contributed by atoms with E-state index in [-0.39, 0.29) is 0 Å². The van der Waals surface area contributed by atoms with Gasteiger partial charge >= 0.3 is 5.51 Å². The lowest BCUT2D eigenvalue weighted by atomic mass is 10.1. The second-order valence-corrected chi connectivity index (χ2v) is 8.35. The molecule has 31 heavy (non-hydrogen) atoms. The topological polar surface area (TPSA) is 61.1 Å². The molecule has 0 bridgehead atoms. The third-order valence-electron chi connectivity index (χ3n) is 4.26. The zero-order chi connectivity index (χ0) is 23.8. The van der Waals surface area contributed by atoms with E-state index in [1.165, 1.54) is 51.4 Å². The van der Waals surface area contributed by atoms with Crippen molar-refractivity contribution in [3.8, 4) is 23.7 Å². The number of aromatic nitrogens is 1. The maximum Gasteiger partial charge on any atom is 0.485 e. The van der Waals surface area contributed by atoms with Gasteiger partial charge in [0.25, 0.3) is 11.4 Å². The molecule has 0 atom stereocenters. The molecule has 4 nitrogen and oxygen atoms in total. The van der Waals surface area contributed by atoms with Crippen LogP contribution in [0.25, 0.3) is 0 Å². The van der Waals surface area contributed by atoms with Crippen molar-refractivity contribution in [3.05, 3.63) is 29.6 Å². The van der Waals surface area contributed by atoms with Gasteiger partial charge in [-0.1, -0.05) is 64.2 Å².